The van der Waals surface area contributed by atoms with Gasteiger partial charge >= 0.3 is 0 Å². The molecule has 1 rings (SSSR count). The molecule has 0 amide bonds. The van der Waals surface area contributed by atoms with Gasteiger partial charge in [-0.1, -0.05) is 6.08 Å². The van der Waals surface area contributed by atoms with E-state index in [1.165, 1.54) is 0 Å². The standard InChI is InChI=1S/C8H7.CH3.W.Y/c1-2-8-6-4-3-5-7-8;;;/h2,4-7H,1H2;1H3;;/q2*-1;;. The maximum absolute atomic E-state index is 3.62. The van der Waals surface area contributed by atoms with Crippen molar-refractivity contribution in [3.8, 4) is 0 Å². The molecule has 1 aromatic carbocycles. The van der Waals surface area contributed by atoms with Crippen LogP contribution in [0.25, 0.3) is 6.08 Å². The summed E-state index contributed by atoms with van der Waals surface area (Å²) in [6, 6.07) is 10.6. The van der Waals surface area contributed by atoms with Crippen LogP contribution in [-0.4, -0.2) is 0 Å². The van der Waals surface area contributed by atoms with E-state index in [0.29, 0.717) is 0 Å². The van der Waals surface area contributed by atoms with Crippen LogP contribution in [0.1, 0.15) is 5.56 Å². The molecule has 0 aromatic heterocycles. The first kappa shape index (κ1) is 17.7. The van der Waals surface area contributed by atoms with Crippen molar-refractivity contribution in [2.24, 2.45) is 0 Å². The molecule has 0 atom stereocenters. The van der Waals surface area contributed by atoms with Crippen molar-refractivity contribution in [1.29, 1.82) is 0 Å². The molecule has 0 N–H and O–H groups in total. The molecule has 57 valence electrons. The van der Waals surface area contributed by atoms with E-state index in [4.69, 9.17) is 0 Å². The number of benzene rings is 1. The second kappa shape index (κ2) is 10.8. The van der Waals surface area contributed by atoms with Crippen molar-refractivity contribution in [2.45, 2.75) is 0 Å². The quantitative estimate of drug-likeness (QED) is 0.646. The average Bonchev–Trinajstić information content (AvgIpc) is 1.90. The Morgan fingerprint density at radius 2 is 1.73 bits per heavy atom. The van der Waals surface area contributed by atoms with Crippen molar-refractivity contribution >= 4 is 6.08 Å². The van der Waals surface area contributed by atoms with Crippen LogP contribution in [0.5, 0.6) is 0 Å². The van der Waals surface area contributed by atoms with Gasteiger partial charge in [-0.05, 0) is 0 Å². The van der Waals surface area contributed by atoms with Crippen LogP contribution in [0.3, 0.4) is 0 Å². The Kier molecular flexibility index (Phi) is 17.3. The van der Waals surface area contributed by atoms with Gasteiger partial charge < -0.3 is 7.43 Å². The molecule has 0 unspecified atom stereocenters. The van der Waals surface area contributed by atoms with E-state index in [-0.39, 0.29) is 61.2 Å². The van der Waals surface area contributed by atoms with Gasteiger partial charge in [0.05, 0.1) is 0 Å². The Hall–Kier alpha value is 0.752. The van der Waals surface area contributed by atoms with Crippen LogP contribution >= 0.6 is 0 Å². The maximum atomic E-state index is 3.62. The fourth-order valence-corrected chi connectivity index (χ4v) is 0.536. The minimum atomic E-state index is 0. The van der Waals surface area contributed by atoms with Gasteiger partial charge in [-0.25, -0.2) is 0 Å². The zero-order valence-electron chi connectivity index (χ0n) is 6.58. The fourth-order valence-electron chi connectivity index (χ4n) is 0.536. The molecule has 0 saturated carbocycles. The van der Waals surface area contributed by atoms with Crippen LogP contribution in [0.2, 0.25) is 0 Å². The molecular weight excluding hydrogens is 381 g/mol. The van der Waals surface area contributed by atoms with E-state index in [1.54, 1.807) is 0 Å². The van der Waals surface area contributed by atoms with Crippen molar-refractivity contribution in [1.82, 2.24) is 0 Å². The van der Waals surface area contributed by atoms with E-state index in [0.717, 1.165) is 5.56 Å². The van der Waals surface area contributed by atoms with Crippen molar-refractivity contribution < 1.29 is 53.8 Å². The molecule has 0 fully saturated rings. The zero-order chi connectivity index (χ0) is 5.82. The first-order valence-electron chi connectivity index (χ1n) is 2.52. The van der Waals surface area contributed by atoms with E-state index in [2.05, 4.69) is 12.6 Å². The van der Waals surface area contributed by atoms with Gasteiger partial charge in [0, 0.05) is 53.8 Å². The summed E-state index contributed by atoms with van der Waals surface area (Å²) in [5, 5.41) is 0. The molecule has 1 aromatic rings. The average molecular weight is 391 g/mol. The van der Waals surface area contributed by atoms with Gasteiger partial charge in [-0.15, -0.1) is 12.1 Å². The molecule has 2 heteroatoms. The van der Waals surface area contributed by atoms with Gasteiger partial charge in [-0.3, -0.25) is 0 Å². The third kappa shape index (κ3) is 7.12. The molecule has 0 nitrogen and oxygen atoms in total. The van der Waals surface area contributed by atoms with E-state index >= 15 is 0 Å². The first-order valence-corrected chi connectivity index (χ1v) is 2.52. The van der Waals surface area contributed by atoms with Crippen LogP contribution in [-0.2, 0) is 53.8 Å². The Morgan fingerprint density at radius 1 is 1.27 bits per heavy atom. The second-order valence-electron chi connectivity index (χ2n) is 1.54. The summed E-state index contributed by atoms with van der Waals surface area (Å²) in [5.41, 5.74) is 1.14. The monoisotopic (exact) mass is 391 g/mol. The topological polar surface area (TPSA) is 0 Å². The van der Waals surface area contributed by atoms with Gasteiger partial charge in [0.15, 0.2) is 0 Å². The predicted octanol–water partition coefficient (Wildman–Crippen LogP) is 2.58. The van der Waals surface area contributed by atoms with Crippen LogP contribution in [0, 0.1) is 13.5 Å². The van der Waals surface area contributed by atoms with Gasteiger partial charge in [0.1, 0.15) is 0 Å². The molecule has 0 aliphatic carbocycles. The summed E-state index contributed by atoms with van der Waals surface area (Å²) in [6.45, 7) is 3.62. The molecule has 0 saturated heterocycles. The molecule has 0 bridgehead atoms. The van der Waals surface area contributed by atoms with Gasteiger partial charge in [-0.2, -0.15) is 30.3 Å². The largest absolute Gasteiger partial charge is 0.358 e. The summed E-state index contributed by atoms with van der Waals surface area (Å²) >= 11 is 0. The van der Waals surface area contributed by atoms with Crippen molar-refractivity contribution in [3.63, 3.8) is 0 Å². The van der Waals surface area contributed by atoms with E-state index in [9.17, 15) is 0 Å². The van der Waals surface area contributed by atoms with Gasteiger partial charge in [0.2, 0.25) is 0 Å². The summed E-state index contributed by atoms with van der Waals surface area (Å²) in [6.07, 6.45) is 1.81. The number of hydrogen-bond acceptors (Lipinski definition) is 0. The molecule has 1 radical (unpaired) electrons. The van der Waals surface area contributed by atoms with Crippen molar-refractivity contribution in [2.75, 3.05) is 0 Å². The Balaban J connectivity index is -0.000000213. The predicted molar refractivity (Wildman–Crippen MR) is 41.8 cm³/mol. The van der Waals surface area contributed by atoms with Crippen LogP contribution in [0.15, 0.2) is 30.8 Å². The third-order valence-electron chi connectivity index (χ3n) is 0.980. The summed E-state index contributed by atoms with van der Waals surface area (Å²) in [7, 11) is 0. The summed E-state index contributed by atoms with van der Waals surface area (Å²) in [4.78, 5) is 0. The third-order valence-corrected chi connectivity index (χ3v) is 0.980. The zero-order valence-corrected chi connectivity index (χ0v) is 12.4. The molecule has 0 aliphatic rings. The Bertz CT molecular complexity index is 172. The molecule has 11 heavy (non-hydrogen) atoms. The van der Waals surface area contributed by atoms with E-state index < -0.39 is 0 Å². The minimum absolute atomic E-state index is 0. The SMILES string of the molecule is C=Cc1cc[c-]cc1.[CH3-].[W].[Y]. The van der Waals surface area contributed by atoms with Gasteiger partial charge in [0.25, 0.3) is 0 Å². The molecule has 0 spiro atoms. The van der Waals surface area contributed by atoms with Crippen molar-refractivity contribution in [3.05, 3.63) is 49.9 Å². The van der Waals surface area contributed by atoms with Crippen LogP contribution in [0.4, 0.5) is 0 Å². The Labute approximate surface area is 109 Å². The molecular formula is C9H10WY-2. The summed E-state index contributed by atoms with van der Waals surface area (Å²) in [5.74, 6) is 0. The fraction of sp³-hybridized carbons (Fsp3) is 0. The van der Waals surface area contributed by atoms with E-state index in [1.807, 2.05) is 30.3 Å². The first-order chi connectivity index (χ1) is 3.93. The Morgan fingerprint density at radius 3 is 2.00 bits per heavy atom. The smallest absolute Gasteiger partial charge is 0 e. The number of hydrogen-bond donors (Lipinski definition) is 0. The second-order valence-corrected chi connectivity index (χ2v) is 1.54. The van der Waals surface area contributed by atoms with Crippen LogP contribution < -0.4 is 0 Å². The molecule has 0 heterocycles. The maximum Gasteiger partial charge on any atom is 0 e. The number of rotatable bonds is 1. The molecule has 0 aliphatic heterocycles. The summed E-state index contributed by atoms with van der Waals surface area (Å²) < 4.78 is 0. The normalized spacial score (nSPS) is 6.18. The minimum Gasteiger partial charge on any atom is -0.358 e.